The number of carbonyl (C=O) groups excluding carboxylic acids is 1. The molecule has 0 spiro atoms. The van der Waals surface area contributed by atoms with Crippen LogP contribution in [0, 0.1) is 0 Å². The Kier molecular flexibility index (Phi) is 3.24. The molecule has 0 fully saturated rings. The maximum absolute atomic E-state index is 12.0. The van der Waals surface area contributed by atoms with E-state index >= 15 is 0 Å². The number of hydrogen-bond donors (Lipinski definition) is 1. The summed E-state index contributed by atoms with van der Waals surface area (Å²) >= 11 is 0. The van der Waals surface area contributed by atoms with Crippen molar-refractivity contribution < 1.29 is 4.79 Å². The molecule has 0 bridgehead atoms. The summed E-state index contributed by atoms with van der Waals surface area (Å²) in [5.41, 5.74) is 2.26. The predicted molar refractivity (Wildman–Crippen MR) is 75.8 cm³/mol. The fraction of sp³-hybridized carbons (Fsp3) is 0. The minimum atomic E-state index is -0.153. The van der Waals surface area contributed by atoms with Crippen LogP contribution >= 0.6 is 0 Å². The third-order valence-corrected chi connectivity index (χ3v) is 2.84. The maximum Gasteiger partial charge on any atom is 0.255 e. The van der Waals surface area contributed by atoms with Gasteiger partial charge in [-0.05, 0) is 42.5 Å². The summed E-state index contributed by atoms with van der Waals surface area (Å²) in [4.78, 5) is 15.9. The molecule has 0 aliphatic carbocycles. The fourth-order valence-electron chi connectivity index (χ4n) is 1.83. The highest BCUT2D eigenvalue weighted by atomic mass is 16.1. The first-order chi connectivity index (χ1) is 9.83. The smallest absolute Gasteiger partial charge is 0.255 e. The molecule has 0 aliphatic rings. The number of hydrogen-bond acceptors (Lipinski definition) is 3. The van der Waals surface area contributed by atoms with Crippen molar-refractivity contribution in [3.05, 3.63) is 72.8 Å². The molecule has 0 saturated heterocycles. The Morgan fingerprint density at radius 2 is 1.75 bits per heavy atom. The third kappa shape index (κ3) is 2.56. The number of nitrogens with one attached hydrogen (secondary N) is 1. The SMILES string of the molecule is O=C(Nc1ccc(-n2cccn2)cc1)c1ccncc1. The number of aromatic nitrogens is 3. The molecular formula is C15H12N4O. The fourth-order valence-corrected chi connectivity index (χ4v) is 1.83. The van der Waals surface area contributed by atoms with Crippen molar-refractivity contribution in [2.75, 3.05) is 5.32 Å². The molecule has 1 amide bonds. The monoisotopic (exact) mass is 264 g/mol. The molecule has 5 nitrogen and oxygen atoms in total. The lowest BCUT2D eigenvalue weighted by atomic mass is 10.2. The number of benzene rings is 1. The van der Waals surface area contributed by atoms with E-state index in [1.165, 1.54) is 0 Å². The van der Waals surface area contributed by atoms with Gasteiger partial charge in [-0.15, -0.1) is 0 Å². The summed E-state index contributed by atoms with van der Waals surface area (Å²) in [6.45, 7) is 0. The van der Waals surface area contributed by atoms with Gasteiger partial charge in [0.25, 0.3) is 5.91 Å². The molecule has 1 N–H and O–H groups in total. The van der Waals surface area contributed by atoms with Crippen molar-refractivity contribution in [3.8, 4) is 5.69 Å². The Bertz CT molecular complexity index is 691. The Balaban J connectivity index is 1.74. The highest BCUT2D eigenvalue weighted by Crippen LogP contribution is 2.13. The highest BCUT2D eigenvalue weighted by Gasteiger charge is 2.05. The Hall–Kier alpha value is -2.95. The van der Waals surface area contributed by atoms with Gasteiger partial charge >= 0.3 is 0 Å². The summed E-state index contributed by atoms with van der Waals surface area (Å²) < 4.78 is 1.76. The van der Waals surface area contributed by atoms with Crippen LogP contribution in [-0.4, -0.2) is 20.7 Å². The highest BCUT2D eigenvalue weighted by molar-refractivity contribution is 6.04. The van der Waals surface area contributed by atoms with Crippen LogP contribution < -0.4 is 5.32 Å². The Morgan fingerprint density at radius 1 is 1.00 bits per heavy atom. The van der Waals surface area contributed by atoms with Gasteiger partial charge in [-0.2, -0.15) is 5.10 Å². The zero-order valence-electron chi connectivity index (χ0n) is 10.6. The number of amides is 1. The minimum absolute atomic E-state index is 0.153. The normalized spacial score (nSPS) is 10.2. The lowest BCUT2D eigenvalue weighted by Crippen LogP contribution is -2.11. The van der Waals surface area contributed by atoms with Crippen LogP contribution in [0.2, 0.25) is 0 Å². The summed E-state index contributed by atoms with van der Waals surface area (Å²) in [5.74, 6) is -0.153. The van der Waals surface area contributed by atoms with Gasteiger partial charge < -0.3 is 5.32 Å². The molecule has 3 rings (SSSR count). The molecule has 0 radical (unpaired) electrons. The van der Waals surface area contributed by atoms with Crippen LogP contribution in [0.25, 0.3) is 5.69 Å². The molecule has 3 aromatic rings. The van der Waals surface area contributed by atoms with Crippen LogP contribution in [0.15, 0.2) is 67.3 Å². The average Bonchev–Trinajstić information content (AvgIpc) is 3.03. The quantitative estimate of drug-likeness (QED) is 0.790. The lowest BCUT2D eigenvalue weighted by molar-refractivity contribution is 0.102. The summed E-state index contributed by atoms with van der Waals surface area (Å²) in [7, 11) is 0. The number of rotatable bonds is 3. The second-order valence-corrected chi connectivity index (χ2v) is 4.19. The summed E-state index contributed by atoms with van der Waals surface area (Å²) in [5, 5.41) is 6.98. The van der Waals surface area contributed by atoms with Crippen LogP contribution in [0.1, 0.15) is 10.4 Å². The van der Waals surface area contributed by atoms with E-state index in [1.54, 1.807) is 35.4 Å². The summed E-state index contributed by atoms with van der Waals surface area (Å²) in [6, 6.07) is 12.7. The van der Waals surface area contributed by atoms with Gasteiger partial charge in [0, 0.05) is 36.0 Å². The van der Waals surface area contributed by atoms with Crippen molar-refractivity contribution in [2.45, 2.75) is 0 Å². The van der Waals surface area contributed by atoms with E-state index in [-0.39, 0.29) is 5.91 Å². The molecular weight excluding hydrogens is 252 g/mol. The Morgan fingerprint density at radius 3 is 2.40 bits per heavy atom. The first kappa shape index (κ1) is 12.1. The predicted octanol–water partition coefficient (Wildman–Crippen LogP) is 2.52. The molecule has 98 valence electrons. The van der Waals surface area contributed by atoms with E-state index in [2.05, 4.69) is 15.4 Å². The van der Waals surface area contributed by atoms with Crippen molar-refractivity contribution in [3.63, 3.8) is 0 Å². The van der Waals surface area contributed by atoms with E-state index in [0.29, 0.717) is 5.56 Å². The zero-order valence-corrected chi connectivity index (χ0v) is 10.6. The number of nitrogens with zero attached hydrogens (tertiary/aromatic N) is 3. The molecule has 0 unspecified atom stereocenters. The molecule has 2 aromatic heterocycles. The van der Waals surface area contributed by atoms with Crippen molar-refractivity contribution >= 4 is 11.6 Å². The second-order valence-electron chi connectivity index (χ2n) is 4.19. The van der Waals surface area contributed by atoms with E-state index in [0.717, 1.165) is 11.4 Å². The molecule has 0 aliphatic heterocycles. The molecule has 0 atom stereocenters. The van der Waals surface area contributed by atoms with Gasteiger partial charge in [-0.25, -0.2) is 4.68 Å². The topological polar surface area (TPSA) is 59.8 Å². The van der Waals surface area contributed by atoms with E-state index in [1.807, 2.05) is 36.5 Å². The number of anilines is 1. The van der Waals surface area contributed by atoms with E-state index < -0.39 is 0 Å². The first-order valence-electron chi connectivity index (χ1n) is 6.14. The van der Waals surface area contributed by atoms with Crippen molar-refractivity contribution in [1.29, 1.82) is 0 Å². The van der Waals surface area contributed by atoms with Crippen molar-refractivity contribution in [1.82, 2.24) is 14.8 Å². The van der Waals surface area contributed by atoms with Crippen LogP contribution in [0.3, 0.4) is 0 Å². The van der Waals surface area contributed by atoms with Crippen LogP contribution in [0.5, 0.6) is 0 Å². The number of carbonyl (C=O) groups is 1. The largest absolute Gasteiger partial charge is 0.322 e. The number of pyridine rings is 1. The Labute approximate surface area is 115 Å². The van der Waals surface area contributed by atoms with Crippen molar-refractivity contribution in [2.24, 2.45) is 0 Å². The zero-order chi connectivity index (χ0) is 13.8. The minimum Gasteiger partial charge on any atom is -0.322 e. The second kappa shape index (κ2) is 5.36. The van der Waals surface area contributed by atoms with Gasteiger partial charge in [0.15, 0.2) is 0 Å². The van der Waals surface area contributed by atoms with Crippen LogP contribution in [-0.2, 0) is 0 Å². The standard InChI is InChI=1S/C15H12N4O/c20-15(12-6-9-16-10-7-12)18-13-2-4-14(5-3-13)19-11-1-8-17-19/h1-11H,(H,18,20). The van der Waals surface area contributed by atoms with Gasteiger partial charge in [-0.3, -0.25) is 9.78 Å². The van der Waals surface area contributed by atoms with E-state index in [9.17, 15) is 4.79 Å². The van der Waals surface area contributed by atoms with Gasteiger partial charge in [0.1, 0.15) is 0 Å². The molecule has 0 saturated carbocycles. The lowest BCUT2D eigenvalue weighted by Gasteiger charge is -2.06. The third-order valence-electron chi connectivity index (χ3n) is 2.84. The van der Waals surface area contributed by atoms with E-state index in [4.69, 9.17) is 0 Å². The summed E-state index contributed by atoms with van der Waals surface area (Å²) in [6.07, 6.45) is 6.77. The molecule has 20 heavy (non-hydrogen) atoms. The molecule has 2 heterocycles. The van der Waals surface area contributed by atoms with Gasteiger partial charge in [0.05, 0.1) is 5.69 Å². The van der Waals surface area contributed by atoms with Gasteiger partial charge in [-0.1, -0.05) is 0 Å². The first-order valence-corrected chi connectivity index (χ1v) is 6.14. The maximum atomic E-state index is 12.0. The molecule has 5 heteroatoms. The van der Waals surface area contributed by atoms with Crippen LogP contribution in [0.4, 0.5) is 5.69 Å². The molecule has 1 aromatic carbocycles. The van der Waals surface area contributed by atoms with Gasteiger partial charge in [0.2, 0.25) is 0 Å². The average molecular weight is 264 g/mol.